The van der Waals surface area contributed by atoms with Gasteiger partial charge < -0.3 is 4.74 Å². The minimum absolute atomic E-state index is 0.347. The van der Waals surface area contributed by atoms with Crippen molar-refractivity contribution in [3.05, 3.63) is 42.5 Å². The van der Waals surface area contributed by atoms with Gasteiger partial charge in [-0.25, -0.2) is 4.79 Å². The Morgan fingerprint density at radius 1 is 1.25 bits per heavy atom. The van der Waals surface area contributed by atoms with E-state index in [1.54, 1.807) is 6.92 Å². The van der Waals surface area contributed by atoms with Gasteiger partial charge in [0.15, 0.2) is 4.90 Å². The Morgan fingerprint density at radius 3 is 1.94 bits per heavy atom. The van der Waals surface area contributed by atoms with Crippen molar-refractivity contribution in [3.8, 4) is 0 Å². The smallest absolute Gasteiger partial charge is 0.332 e. The maximum absolute atomic E-state index is 10.2. The van der Waals surface area contributed by atoms with Crippen molar-refractivity contribution < 1.29 is 9.53 Å². The zero-order valence-electron chi connectivity index (χ0n) is 10.3. The van der Waals surface area contributed by atoms with Crippen molar-refractivity contribution >= 4 is 16.9 Å². The van der Waals surface area contributed by atoms with Crippen LogP contribution in [-0.2, 0) is 20.4 Å². The number of hydrogen-bond acceptors (Lipinski definition) is 2. The number of hydrogen-bond donors (Lipinski definition) is 0. The third kappa shape index (κ3) is 6.30. The van der Waals surface area contributed by atoms with E-state index in [1.165, 1.54) is 12.0 Å². The molecular formula is C13H19O2S+. The molecule has 0 heterocycles. The van der Waals surface area contributed by atoms with Crippen LogP contribution in [0.3, 0.4) is 0 Å². The Morgan fingerprint density at radius 2 is 1.75 bits per heavy atom. The normalized spacial score (nSPS) is 9.06. The Labute approximate surface area is 101 Å². The highest BCUT2D eigenvalue weighted by Crippen LogP contribution is 2.05. The molecule has 0 bridgehead atoms. The van der Waals surface area contributed by atoms with Gasteiger partial charge in [0.25, 0.3) is 0 Å². The molecule has 0 atom stereocenters. The van der Waals surface area contributed by atoms with Crippen LogP contribution in [0.4, 0.5) is 0 Å². The topological polar surface area (TPSA) is 26.3 Å². The van der Waals surface area contributed by atoms with Gasteiger partial charge in [0, 0.05) is 16.5 Å². The van der Waals surface area contributed by atoms with E-state index in [9.17, 15) is 4.79 Å². The quantitative estimate of drug-likeness (QED) is 0.450. The average molecular weight is 239 g/mol. The van der Waals surface area contributed by atoms with Crippen molar-refractivity contribution in [1.82, 2.24) is 0 Å². The maximum atomic E-state index is 10.2. The first kappa shape index (κ1) is 14.8. The Kier molecular flexibility index (Phi) is 7.38. The molecule has 88 valence electrons. The molecule has 1 aromatic rings. The van der Waals surface area contributed by atoms with Crippen LogP contribution >= 0.6 is 0 Å². The lowest BCUT2D eigenvalue weighted by Crippen LogP contribution is -1.98. The first-order chi connectivity index (χ1) is 7.49. The van der Waals surface area contributed by atoms with E-state index in [0.717, 1.165) is 0 Å². The lowest BCUT2D eigenvalue weighted by molar-refractivity contribution is -0.136. The summed E-state index contributed by atoms with van der Waals surface area (Å²) in [5, 5.41) is 0. The number of benzene rings is 1. The molecule has 0 fully saturated rings. The molecular weight excluding hydrogens is 220 g/mol. The van der Waals surface area contributed by atoms with E-state index in [-0.39, 0.29) is 5.97 Å². The molecule has 0 aliphatic rings. The number of rotatable bonds is 2. The molecule has 0 aromatic heterocycles. The third-order valence-electron chi connectivity index (χ3n) is 1.75. The van der Waals surface area contributed by atoms with Crippen molar-refractivity contribution in [2.45, 2.75) is 11.8 Å². The minimum atomic E-state index is -0.347. The molecule has 0 spiro atoms. The molecule has 0 aliphatic carbocycles. The van der Waals surface area contributed by atoms with Gasteiger partial charge in [-0.05, 0) is 19.1 Å². The maximum Gasteiger partial charge on any atom is 0.332 e. The molecule has 3 heteroatoms. The van der Waals surface area contributed by atoms with Gasteiger partial charge in [-0.1, -0.05) is 24.8 Å². The van der Waals surface area contributed by atoms with Gasteiger partial charge in [0.1, 0.15) is 12.5 Å². The molecule has 1 rings (SSSR count). The van der Waals surface area contributed by atoms with Gasteiger partial charge in [0.05, 0.1) is 7.11 Å². The molecule has 0 N–H and O–H groups in total. The van der Waals surface area contributed by atoms with Crippen LogP contribution in [0.15, 0.2) is 47.4 Å². The van der Waals surface area contributed by atoms with Crippen molar-refractivity contribution in [3.63, 3.8) is 0 Å². The van der Waals surface area contributed by atoms with Crippen LogP contribution in [0.2, 0.25) is 0 Å². The zero-order chi connectivity index (χ0) is 12.6. The summed E-state index contributed by atoms with van der Waals surface area (Å²) >= 11 is 0. The van der Waals surface area contributed by atoms with Crippen LogP contribution in [0, 0.1) is 0 Å². The fourth-order valence-electron chi connectivity index (χ4n) is 0.867. The van der Waals surface area contributed by atoms with Gasteiger partial charge in [-0.3, -0.25) is 0 Å². The number of carbonyl (C=O) groups excluding carboxylic acids is 1. The van der Waals surface area contributed by atoms with Crippen molar-refractivity contribution in [2.75, 3.05) is 19.6 Å². The highest BCUT2D eigenvalue weighted by Gasteiger charge is 2.03. The van der Waals surface area contributed by atoms with Crippen LogP contribution in [0.25, 0.3) is 0 Å². The fraction of sp³-hybridized carbons (Fsp3) is 0.308. The summed E-state index contributed by atoms with van der Waals surface area (Å²) < 4.78 is 4.27. The Hall–Kier alpha value is -1.22. The van der Waals surface area contributed by atoms with Crippen molar-refractivity contribution in [2.24, 2.45) is 0 Å². The molecule has 0 unspecified atom stereocenters. The molecule has 0 radical (unpaired) electrons. The second-order valence-corrected chi connectivity index (χ2v) is 5.51. The lowest BCUT2D eigenvalue weighted by Gasteiger charge is -1.91. The predicted octanol–water partition coefficient (Wildman–Crippen LogP) is 2.66. The molecule has 0 amide bonds. The second-order valence-electron chi connectivity index (χ2n) is 3.40. The standard InChI is InChI=1S/C8H11S.C5H8O2/c1-9(2)8-6-4-3-5-7-8;1-4(2)5(6)7-3/h3-7H,1-2H3;1H2,2-3H3/q+1;. The van der Waals surface area contributed by atoms with E-state index in [1.807, 2.05) is 0 Å². The molecule has 16 heavy (non-hydrogen) atoms. The van der Waals surface area contributed by atoms with Crippen LogP contribution in [0.5, 0.6) is 0 Å². The number of esters is 1. The SMILES string of the molecule is C=C(C)C(=O)OC.C[S+](C)c1ccccc1. The summed E-state index contributed by atoms with van der Waals surface area (Å²) in [6.07, 6.45) is 4.46. The summed E-state index contributed by atoms with van der Waals surface area (Å²) in [7, 11) is 1.75. The lowest BCUT2D eigenvalue weighted by atomic mass is 10.4. The van der Waals surface area contributed by atoms with E-state index >= 15 is 0 Å². The molecule has 0 saturated carbocycles. The van der Waals surface area contributed by atoms with E-state index in [4.69, 9.17) is 0 Å². The highest BCUT2D eigenvalue weighted by molar-refractivity contribution is 7.95. The van der Waals surface area contributed by atoms with Gasteiger partial charge in [-0.2, -0.15) is 0 Å². The van der Waals surface area contributed by atoms with Crippen LogP contribution in [0.1, 0.15) is 6.92 Å². The summed E-state index contributed by atoms with van der Waals surface area (Å²) in [4.78, 5) is 11.6. The van der Waals surface area contributed by atoms with E-state index in [0.29, 0.717) is 16.5 Å². The molecule has 0 aliphatic heterocycles. The average Bonchev–Trinajstić information content (AvgIpc) is 2.29. The fourth-order valence-corrected chi connectivity index (χ4v) is 1.57. The van der Waals surface area contributed by atoms with Crippen LogP contribution < -0.4 is 0 Å². The van der Waals surface area contributed by atoms with E-state index < -0.39 is 0 Å². The van der Waals surface area contributed by atoms with Crippen molar-refractivity contribution in [1.29, 1.82) is 0 Å². The van der Waals surface area contributed by atoms with Gasteiger partial charge in [0.2, 0.25) is 0 Å². The number of methoxy groups -OCH3 is 1. The molecule has 2 nitrogen and oxygen atoms in total. The van der Waals surface area contributed by atoms with Crippen LogP contribution in [-0.4, -0.2) is 25.6 Å². The molecule has 0 saturated heterocycles. The van der Waals surface area contributed by atoms with E-state index in [2.05, 4.69) is 54.2 Å². The Bertz CT molecular complexity index is 331. The highest BCUT2D eigenvalue weighted by atomic mass is 32.2. The Balaban J connectivity index is 0.000000293. The van der Waals surface area contributed by atoms with Gasteiger partial charge >= 0.3 is 5.97 Å². The monoisotopic (exact) mass is 239 g/mol. The van der Waals surface area contributed by atoms with Gasteiger partial charge in [-0.15, -0.1) is 0 Å². The third-order valence-corrected chi connectivity index (χ3v) is 2.96. The summed E-state index contributed by atoms with van der Waals surface area (Å²) in [5.41, 5.74) is 0.433. The number of ether oxygens (including phenoxy) is 1. The summed E-state index contributed by atoms with van der Waals surface area (Å²) in [6, 6.07) is 10.6. The first-order valence-electron chi connectivity index (χ1n) is 4.85. The second kappa shape index (κ2) is 7.99. The molecule has 1 aromatic carbocycles. The summed E-state index contributed by atoms with van der Waals surface area (Å²) in [5.74, 6) is -0.347. The largest absolute Gasteiger partial charge is 0.466 e. The number of carbonyl (C=O) groups is 1. The zero-order valence-corrected chi connectivity index (χ0v) is 11.1. The summed E-state index contributed by atoms with van der Waals surface area (Å²) in [6.45, 7) is 4.95. The first-order valence-corrected chi connectivity index (χ1v) is 6.89. The minimum Gasteiger partial charge on any atom is -0.466 e. The predicted molar refractivity (Wildman–Crippen MR) is 70.8 cm³/mol.